The zero-order chi connectivity index (χ0) is 48.6. The van der Waals surface area contributed by atoms with E-state index in [0.29, 0.717) is 19.3 Å². The molecule has 0 aliphatic rings. The van der Waals surface area contributed by atoms with Gasteiger partial charge in [-0.3, -0.25) is 14.4 Å². The van der Waals surface area contributed by atoms with E-state index in [2.05, 4.69) is 130 Å². The summed E-state index contributed by atoms with van der Waals surface area (Å²) in [5.74, 6) is -1.04. The Morgan fingerprint density at radius 1 is 0.313 bits per heavy atom. The minimum atomic E-state index is -0.830. The topological polar surface area (TPSA) is 78.9 Å². The third-order valence-electron chi connectivity index (χ3n) is 11.3. The molecule has 1 atom stereocenters. The summed E-state index contributed by atoms with van der Waals surface area (Å²) in [5, 5.41) is 0. The van der Waals surface area contributed by atoms with Crippen molar-refractivity contribution in [3.8, 4) is 0 Å². The van der Waals surface area contributed by atoms with Gasteiger partial charge < -0.3 is 14.2 Å². The number of unbranched alkanes of at least 4 members (excludes halogenated alkanes) is 19. The molecular weight excluding hydrogens is 829 g/mol. The third-order valence-corrected chi connectivity index (χ3v) is 11.3. The molecule has 0 bridgehead atoms. The molecule has 6 nitrogen and oxygen atoms in total. The highest BCUT2D eigenvalue weighted by molar-refractivity contribution is 5.71. The standard InChI is InChI=1S/C61H100O6/c1-4-7-10-13-16-19-22-25-28-30-33-36-39-42-45-48-51-54-60(63)66-57-58(56-65-59(62)53-50-47-44-41-38-35-32-27-24-21-18-15-12-9-6-3)67-61(64)55-52-49-46-43-40-37-34-31-29-26-23-20-17-14-11-8-5-2/h7,10,16-17,19-20,25-26,28-29,33-34,36-37,42-43,45-46,58H,4-6,8-9,11-15,18,21-24,27,30-32,35,38-41,44,47-57H2,1-3H3/b10-7+,19-16+,20-17+,28-25+,29-26+,36-33+,37-34+,45-42+,46-43+/t58-/m1/s1. The van der Waals surface area contributed by atoms with Crippen molar-refractivity contribution in [1.29, 1.82) is 0 Å². The normalized spacial score (nSPS) is 12.9. The highest BCUT2D eigenvalue weighted by Crippen LogP contribution is 2.15. The predicted molar refractivity (Wildman–Crippen MR) is 288 cm³/mol. The number of hydrogen-bond acceptors (Lipinski definition) is 6. The fourth-order valence-electron chi connectivity index (χ4n) is 7.18. The molecule has 0 aromatic carbocycles. The Bertz CT molecular complexity index is 1390. The van der Waals surface area contributed by atoms with Crippen LogP contribution < -0.4 is 0 Å². The molecule has 0 unspecified atom stereocenters. The van der Waals surface area contributed by atoms with Crippen molar-refractivity contribution in [2.45, 2.75) is 245 Å². The molecule has 0 aliphatic heterocycles. The highest BCUT2D eigenvalue weighted by atomic mass is 16.6. The van der Waals surface area contributed by atoms with Gasteiger partial charge in [0, 0.05) is 19.3 Å². The van der Waals surface area contributed by atoms with Gasteiger partial charge in [0.2, 0.25) is 0 Å². The van der Waals surface area contributed by atoms with E-state index in [9.17, 15) is 14.4 Å². The Labute approximate surface area is 412 Å². The van der Waals surface area contributed by atoms with Crippen LogP contribution in [0.5, 0.6) is 0 Å². The molecule has 0 N–H and O–H groups in total. The van der Waals surface area contributed by atoms with Crippen LogP contribution in [0.1, 0.15) is 239 Å². The molecule has 0 aromatic rings. The van der Waals surface area contributed by atoms with Gasteiger partial charge in [0.05, 0.1) is 0 Å². The van der Waals surface area contributed by atoms with Crippen LogP contribution >= 0.6 is 0 Å². The molecule has 67 heavy (non-hydrogen) atoms. The van der Waals surface area contributed by atoms with E-state index in [-0.39, 0.29) is 44.0 Å². The Kier molecular flexibility index (Phi) is 51.5. The van der Waals surface area contributed by atoms with E-state index >= 15 is 0 Å². The summed E-state index contributed by atoms with van der Waals surface area (Å²) in [5.41, 5.74) is 0. The van der Waals surface area contributed by atoms with Crippen LogP contribution in [0, 0.1) is 0 Å². The Morgan fingerprint density at radius 3 is 0.970 bits per heavy atom. The molecule has 0 fully saturated rings. The largest absolute Gasteiger partial charge is 0.462 e. The molecule has 0 saturated carbocycles. The van der Waals surface area contributed by atoms with Gasteiger partial charge in [0.1, 0.15) is 13.2 Å². The second-order valence-electron chi connectivity index (χ2n) is 17.8. The average molecular weight is 929 g/mol. The molecule has 0 spiro atoms. The van der Waals surface area contributed by atoms with Crippen molar-refractivity contribution in [2.75, 3.05) is 13.2 Å². The van der Waals surface area contributed by atoms with Gasteiger partial charge in [0.15, 0.2) is 6.10 Å². The van der Waals surface area contributed by atoms with Crippen LogP contribution in [0.3, 0.4) is 0 Å². The maximum absolute atomic E-state index is 12.8. The van der Waals surface area contributed by atoms with Crippen molar-refractivity contribution in [2.24, 2.45) is 0 Å². The molecule has 6 heteroatoms. The monoisotopic (exact) mass is 929 g/mol. The summed E-state index contributed by atoms with van der Waals surface area (Å²) in [4.78, 5) is 38.0. The van der Waals surface area contributed by atoms with Gasteiger partial charge in [0.25, 0.3) is 0 Å². The quantitative estimate of drug-likeness (QED) is 0.0262. The molecule has 380 valence electrons. The van der Waals surface area contributed by atoms with E-state index in [0.717, 1.165) is 83.5 Å². The molecule has 0 heterocycles. The van der Waals surface area contributed by atoms with Crippen molar-refractivity contribution in [3.05, 3.63) is 109 Å². The number of carbonyl (C=O) groups is 3. The Balaban J connectivity index is 4.57. The van der Waals surface area contributed by atoms with Crippen molar-refractivity contribution in [1.82, 2.24) is 0 Å². The van der Waals surface area contributed by atoms with E-state index in [1.54, 1.807) is 0 Å². The third kappa shape index (κ3) is 52.9. The molecule has 0 amide bonds. The van der Waals surface area contributed by atoms with Crippen LogP contribution in [-0.4, -0.2) is 37.2 Å². The predicted octanol–water partition coefficient (Wildman–Crippen LogP) is 18.3. The number of carbonyl (C=O) groups excluding carboxylic acids is 3. The van der Waals surface area contributed by atoms with E-state index in [1.807, 2.05) is 0 Å². The first kappa shape index (κ1) is 63.1. The first-order valence-electron chi connectivity index (χ1n) is 27.4. The zero-order valence-electron chi connectivity index (χ0n) is 43.4. The van der Waals surface area contributed by atoms with E-state index in [4.69, 9.17) is 14.2 Å². The van der Waals surface area contributed by atoms with E-state index in [1.165, 1.54) is 103 Å². The number of esters is 3. The first-order valence-corrected chi connectivity index (χ1v) is 27.4. The average Bonchev–Trinajstić information content (AvgIpc) is 3.33. The minimum absolute atomic E-state index is 0.117. The number of hydrogen-bond donors (Lipinski definition) is 0. The van der Waals surface area contributed by atoms with Gasteiger partial charge in [-0.2, -0.15) is 0 Å². The van der Waals surface area contributed by atoms with Crippen LogP contribution in [-0.2, 0) is 28.6 Å². The van der Waals surface area contributed by atoms with Gasteiger partial charge in [-0.25, -0.2) is 0 Å². The molecule has 0 saturated heterocycles. The van der Waals surface area contributed by atoms with Gasteiger partial charge in [-0.15, -0.1) is 0 Å². The summed E-state index contributed by atoms with van der Waals surface area (Å²) in [6.45, 7) is 6.40. The Morgan fingerprint density at radius 2 is 0.597 bits per heavy atom. The molecule has 0 rings (SSSR count). The van der Waals surface area contributed by atoms with Crippen LogP contribution in [0.15, 0.2) is 109 Å². The minimum Gasteiger partial charge on any atom is -0.462 e. The highest BCUT2D eigenvalue weighted by Gasteiger charge is 2.19. The van der Waals surface area contributed by atoms with Crippen LogP contribution in [0.4, 0.5) is 0 Å². The lowest BCUT2D eigenvalue weighted by atomic mass is 10.0. The molecule has 0 aromatic heterocycles. The summed E-state index contributed by atoms with van der Waals surface area (Å²) in [7, 11) is 0. The first-order chi connectivity index (χ1) is 33.0. The lowest BCUT2D eigenvalue weighted by Crippen LogP contribution is -2.30. The Hall–Kier alpha value is -3.93. The van der Waals surface area contributed by atoms with E-state index < -0.39 is 6.10 Å². The fraction of sp³-hybridized carbons (Fsp3) is 0.656. The maximum atomic E-state index is 12.8. The van der Waals surface area contributed by atoms with Crippen molar-refractivity contribution >= 4 is 17.9 Å². The summed E-state index contributed by atoms with van der Waals surface area (Å²) in [6.07, 6.45) is 73.7. The van der Waals surface area contributed by atoms with Crippen LogP contribution in [0.2, 0.25) is 0 Å². The second kappa shape index (κ2) is 54.7. The smallest absolute Gasteiger partial charge is 0.306 e. The van der Waals surface area contributed by atoms with Gasteiger partial charge in [-0.05, 0) is 96.3 Å². The van der Waals surface area contributed by atoms with Crippen molar-refractivity contribution < 1.29 is 28.6 Å². The zero-order valence-corrected chi connectivity index (χ0v) is 43.4. The lowest BCUT2D eigenvalue weighted by Gasteiger charge is -2.18. The fourth-order valence-corrected chi connectivity index (χ4v) is 7.18. The summed E-state index contributed by atoms with van der Waals surface area (Å²) in [6, 6.07) is 0. The second-order valence-corrected chi connectivity index (χ2v) is 17.8. The maximum Gasteiger partial charge on any atom is 0.306 e. The summed E-state index contributed by atoms with van der Waals surface area (Å²) >= 11 is 0. The molecule has 0 aliphatic carbocycles. The molecular formula is C61H100O6. The number of ether oxygens (including phenoxy) is 3. The van der Waals surface area contributed by atoms with Crippen LogP contribution in [0.25, 0.3) is 0 Å². The number of allylic oxidation sites excluding steroid dienone is 18. The van der Waals surface area contributed by atoms with Gasteiger partial charge in [-0.1, -0.05) is 233 Å². The van der Waals surface area contributed by atoms with Gasteiger partial charge >= 0.3 is 17.9 Å². The van der Waals surface area contributed by atoms with Crippen molar-refractivity contribution in [3.63, 3.8) is 0 Å². The molecule has 0 radical (unpaired) electrons. The number of rotatable bonds is 48. The SMILES string of the molecule is CC/C=C/C/C=C/C/C=C/C/C=C/C/C=C/CCCC(=O)OC[C@@H](COC(=O)CCCCCCCCCCCCCCCCC)OC(=O)CCC/C=C/C/C=C/C/C=C/C/C=C/CCCCC. The summed E-state index contributed by atoms with van der Waals surface area (Å²) < 4.78 is 16.7. The lowest BCUT2D eigenvalue weighted by molar-refractivity contribution is -0.167.